The quantitative estimate of drug-likeness (QED) is 0.836. The molecule has 0 aliphatic carbocycles. The zero-order chi connectivity index (χ0) is 15.1. The number of nitrogens with zero attached hydrogens (tertiary/aromatic N) is 1. The summed E-state index contributed by atoms with van der Waals surface area (Å²) in [7, 11) is 4.91. The molecule has 0 atom stereocenters. The highest BCUT2D eigenvalue weighted by Gasteiger charge is 2.12. The van der Waals surface area contributed by atoms with Crippen LogP contribution in [-0.4, -0.2) is 26.3 Å². The van der Waals surface area contributed by atoms with Crippen molar-refractivity contribution >= 4 is 0 Å². The van der Waals surface area contributed by atoms with Crippen molar-refractivity contribution in [2.24, 2.45) is 0 Å². The van der Waals surface area contributed by atoms with Crippen molar-refractivity contribution in [3.8, 4) is 17.2 Å². The number of nitrogens with two attached hydrogens (primary N) is 1. The molecule has 112 valence electrons. The molecule has 0 amide bonds. The maximum absolute atomic E-state index is 5.42. The van der Waals surface area contributed by atoms with Crippen molar-refractivity contribution in [2.45, 2.75) is 13.1 Å². The summed E-state index contributed by atoms with van der Waals surface area (Å²) in [6.45, 7) is 1.66. The molecular formula is C16H21N2O3+. The molecule has 2 N–H and O–H groups in total. The lowest BCUT2D eigenvalue weighted by molar-refractivity contribution is -0.686. The van der Waals surface area contributed by atoms with E-state index in [4.69, 9.17) is 14.2 Å². The Kier molecular flexibility index (Phi) is 5.40. The van der Waals surface area contributed by atoms with E-state index in [1.807, 2.05) is 24.4 Å². The Bertz CT molecular complexity index is 573. The van der Waals surface area contributed by atoms with Gasteiger partial charge >= 0.3 is 0 Å². The monoisotopic (exact) mass is 289 g/mol. The molecule has 2 rings (SSSR count). The Morgan fingerprint density at radius 2 is 1.67 bits per heavy atom. The Morgan fingerprint density at radius 1 is 0.952 bits per heavy atom. The Morgan fingerprint density at radius 3 is 2.29 bits per heavy atom. The van der Waals surface area contributed by atoms with Crippen molar-refractivity contribution in [3.05, 3.63) is 47.8 Å². The van der Waals surface area contributed by atoms with Gasteiger partial charge in [-0.25, -0.2) is 0 Å². The first-order chi connectivity index (χ1) is 10.3. The molecule has 0 aliphatic heterocycles. The van der Waals surface area contributed by atoms with Crippen LogP contribution in [0.5, 0.6) is 17.2 Å². The molecule has 1 aromatic carbocycles. The van der Waals surface area contributed by atoms with E-state index in [0.717, 1.165) is 24.4 Å². The van der Waals surface area contributed by atoms with E-state index >= 15 is 0 Å². The van der Waals surface area contributed by atoms with E-state index in [1.165, 1.54) is 5.56 Å². The SMILES string of the molecule is COc1cc(OC)c(OC)cc1C[NH2+]Cc1cccnc1. The van der Waals surface area contributed by atoms with Crippen LogP contribution in [0.25, 0.3) is 0 Å². The summed E-state index contributed by atoms with van der Waals surface area (Å²) >= 11 is 0. The van der Waals surface area contributed by atoms with E-state index in [1.54, 1.807) is 27.5 Å². The molecule has 21 heavy (non-hydrogen) atoms. The average molecular weight is 289 g/mol. The van der Waals surface area contributed by atoms with E-state index < -0.39 is 0 Å². The second kappa shape index (κ2) is 7.50. The second-order valence-electron chi connectivity index (χ2n) is 4.58. The zero-order valence-corrected chi connectivity index (χ0v) is 12.6. The van der Waals surface area contributed by atoms with Crippen molar-refractivity contribution in [1.29, 1.82) is 0 Å². The molecular weight excluding hydrogens is 268 g/mol. The number of rotatable bonds is 7. The van der Waals surface area contributed by atoms with E-state index in [0.29, 0.717) is 11.5 Å². The number of ether oxygens (including phenoxy) is 3. The maximum atomic E-state index is 5.42. The molecule has 0 fully saturated rings. The molecule has 0 radical (unpaired) electrons. The fourth-order valence-corrected chi connectivity index (χ4v) is 2.17. The number of quaternary nitrogens is 1. The first-order valence-corrected chi connectivity index (χ1v) is 6.78. The summed E-state index contributed by atoms with van der Waals surface area (Å²) in [6.07, 6.45) is 3.66. The van der Waals surface area contributed by atoms with Gasteiger partial charge in [-0.1, -0.05) is 6.07 Å². The molecule has 0 aliphatic rings. The van der Waals surface area contributed by atoms with E-state index in [-0.39, 0.29) is 0 Å². The lowest BCUT2D eigenvalue weighted by Crippen LogP contribution is -2.80. The summed E-state index contributed by atoms with van der Waals surface area (Å²) in [5, 5.41) is 2.20. The van der Waals surface area contributed by atoms with Crippen LogP contribution in [0.1, 0.15) is 11.1 Å². The lowest BCUT2D eigenvalue weighted by atomic mass is 10.1. The third-order valence-corrected chi connectivity index (χ3v) is 3.25. The van der Waals surface area contributed by atoms with Gasteiger partial charge in [0.15, 0.2) is 11.5 Å². The molecule has 0 spiro atoms. The summed E-state index contributed by atoms with van der Waals surface area (Å²) in [5.41, 5.74) is 2.26. The molecule has 0 saturated carbocycles. The van der Waals surface area contributed by atoms with Gasteiger partial charge in [0.05, 0.1) is 26.9 Å². The Labute approximate surface area is 124 Å². The van der Waals surface area contributed by atoms with Crippen molar-refractivity contribution in [1.82, 2.24) is 4.98 Å². The number of benzene rings is 1. The minimum absolute atomic E-state index is 0.672. The second-order valence-corrected chi connectivity index (χ2v) is 4.58. The molecule has 1 aromatic heterocycles. The van der Waals surface area contributed by atoms with Crippen LogP contribution < -0.4 is 19.5 Å². The van der Waals surface area contributed by atoms with Crippen molar-refractivity contribution in [3.63, 3.8) is 0 Å². The van der Waals surface area contributed by atoms with Gasteiger partial charge in [-0.15, -0.1) is 0 Å². The lowest BCUT2D eigenvalue weighted by Gasteiger charge is -2.13. The third-order valence-electron chi connectivity index (χ3n) is 3.25. The van der Waals surface area contributed by atoms with Gasteiger partial charge in [0.2, 0.25) is 0 Å². The molecule has 5 nitrogen and oxygen atoms in total. The maximum Gasteiger partial charge on any atom is 0.164 e. The van der Waals surface area contributed by atoms with Gasteiger partial charge < -0.3 is 19.5 Å². The number of aromatic nitrogens is 1. The molecule has 2 aromatic rings. The summed E-state index contributed by atoms with van der Waals surface area (Å²) in [4.78, 5) is 4.11. The summed E-state index contributed by atoms with van der Waals surface area (Å²) in [5.74, 6) is 2.18. The minimum Gasteiger partial charge on any atom is -0.496 e. The standard InChI is InChI=1S/C16H20N2O3/c1-19-14-8-16(21-3)15(20-2)7-13(14)11-18-10-12-5-4-6-17-9-12/h4-9,18H,10-11H2,1-3H3/p+1. The Balaban J connectivity index is 2.08. The van der Waals surface area contributed by atoms with Crippen molar-refractivity contribution < 1.29 is 19.5 Å². The summed E-state index contributed by atoms with van der Waals surface area (Å²) in [6, 6.07) is 7.82. The number of hydrogen-bond donors (Lipinski definition) is 1. The fourth-order valence-electron chi connectivity index (χ4n) is 2.17. The number of hydrogen-bond acceptors (Lipinski definition) is 4. The van der Waals surface area contributed by atoms with Gasteiger partial charge in [0.1, 0.15) is 18.8 Å². The minimum atomic E-state index is 0.672. The van der Waals surface area contributed by atoms with Gasteiger partial charge in [-0.3, -0.25) is 4.98 Å². The summed E-state index contributed by atoms with van der Waals surface area (Å²) < 4.78 is 16.0. The van der Waals surface area contributed by atoms with Crippen LogP contribution in [0.15, 0.2) is 36.7 Å². The van der Waals surface area contributed by atoms with Crippen LogP contribution in [0.2, 0.25) is 0 Å². The average Bonchev–Trinajstić information content (AvgIpc) is 2.55. The predicted molar refractivity (Wildman–Crippen MR) is 79.7 cm³/mol. The highest BCUT2D eigenvalue weighted by atomic mass is 16.5. The molecule has 5 heteroatoms. The van der Waals surface area contributed by atoms with Gasteiger partial charge in [0.25, 0.3) is 0 Å². The first kappa shape index (κ1) is 15.1. The molecule has 0 unspecified atom stereocenters. The van der Waals surface area contributed by atoms with Gasteiger partial charge in [0, 0.05) is 24.0 Å². The van der Waals surface area contributed by atoms with Crippen LogP contribution in [0, 0.1) is 0 Å². The van der Waals surface area contributed by atoms with Crippen LogP contribution in [-0.2, 0) is 13.1 Å². The first-order valence-electron chi connectivity index (χ1n) is 6.78. The number of methoxy groups -OCH3 is 3. The topological polar surface area (TPSA) is 57.2 Å². The van der Waals surface area contributed by atoms with Crippen LogP contribution >= 0.6 is 0 Å². The normalized spacial score (nSPS) is 10.2. The van der Waals surface area contributed by atoms with Gasteiger partial charge in [-0.05, 0) is 12.1 Å². The Hall–Kier alpha value is -2.27. The van der Waals surface area contributed by atoms with Crippen molar-refractivity contribution in [2.75, 3.05) is 21.3 Å². The third kappa shape index (κ3) is 3.86. The molecule has 1 heterocycles. The zero-order valence-electron chi connectivity index (χ0n) is 12.6. The number of pyridine rings is 1. The van der Waals surface area contributed by atoms with E-state index in [9.17, 15) is 0 Å². The van der Waals surface area contributed by atoms with Crippen LogP contribution in [0.3, 0.4) is 0 Å². The fraction of sp³-hybridized carbons (Fsp3) is 0.312. The highest BCUT2D eigenvalue weighted by Crippen LogP contribution is 2.34. The largest absolute Gasteiger partial charge is 0.496 e. The smallest absolute Gasteiger partial charge is 0.164 e. The predicted octanol–water partition coefficient (Wildman–Crippen LogP) is 1.37. The van der Waals surface area contributed by atoms with Gasteiger partial charge in [-0.2, -0.15) is 0 Å². The van der Waals surface area contributed by atoms with E-state index in [2.05, 4.69) is 16.4 Å². The molecule has 0 bridgehead atoms. The van der Waals surface area contributed by atoms with Crippen LogP contribution in [0.4, 0.5) is 0 Å². The highest BCUT2D eigenvalue weighted by molar-refractivity contribution is 5.50. The molecule has 0 saturated heterocycles.